The van der Waals surface area contributed by atoms with Gasteiger partial charge < -0.3 is 10.2 Å². The average molecular weight is 212 g/mol. The van der Waals surface area contributed by atoms with E-state index in [1.807, 2.05) is 14.0 Å². The maximum atomic E-state index is 13.6. The van der Waals surface area contributed by atoms with Crippen molar-refractivity contribution in [3.05, 3.63) is 17.8 Å². The Morgan fingerprint density at radius 3 is 2.87 bits per heavy atom. The molecule has 0 aliphatic rings. The molecule has 0 aromatic carbocycles. The third-order valence-electron chi connectivity index (χ3n) is 2.18. The molecule has 0 aliphatic heterocycles. The van der Waals surface area contributed by atoms with Crippen molar-refractivity contribution in [3.8, 4) is 0 Å². The summed E-state index contributed by atoms with van der Waals surface area (Å²) in [7, 11) is 1.82. The average Bonchev–Trinajstić information content (AvgIpc) is 2.22. The lowest BCUT2D eigenvalue weighted by molar-refractivity contribution is 0.592. The van der Waals surface area contributed by atoms with Gasteiger partial charge in [0.15, 0.2) is 11.6 Å². The number of rotatable bonds is 5. The number of likely N-dealkylation sites (N-methyl/N-ethyl adjacent to an activating group) is 2. The summed E-state index contributed by atoms with van der Waals surface area (Å²) in [6.45, 7) is 6.13. The van der Waals surface area contributed by atoms with Crippen molar-refractivity contribution >= 4 is 5.82 Å². The van der Waals surface area contributed by atoms with E-state index in [2.05, 4.69) is 15.3 Å². The van der Waals surface area contributed by atoms with Crippen molar-refractivity contribution in [2.24, 2.45) is 0 Å². The second-order valence-electron chi connectivity index (χ2n) is 3.37. The predicted molar refractivity (Wildman–Crippen MR) is 58.5 cm³/mol. The summed E-state index contributed by atoms with van der Waals surface area (Å²) in [6, 6.07) is 0. The standard InChI is InChI=1S/C10H17FN4/c1-4-12-5-6-15(3)10-9(11)8(2)13-7-14-10/h7,12H,4-6H2,1-3H3. The smallest absolute Gasteiger partial charge is 0.186 e. The van der Waals surface area contributed by atoms with Crippen LogP contribution >= 0.6 is 0 Å². The van der Waals surface area contributed by atoms with E-state index in [1.165, 1.54) is 6.33 Å². The van der Waals surface area contributed by atoms with Crippen LogP contribution in [-0.2, 0) is 0 Å². The maximum absolute atomic E-state index is 13.6. The topological polar surface area (TPSA) is 41.0 Å². The molecule has 5 heteroatoms. The SMILES string of the molecule is CCNCCN(C)c1ncnc(C)c1F. The van der Waals surface area contributed by atoms with Crippen LogP contribution in [0.3, 0.4) is 0 Å². The van der Waals surface area contributed by atoms with Gasteiger partial charge in [0.05, 0.1) is 5.69 Å². The predicted octanol–water partition coefficient (Wildman–Crippen LogP) is 0.970. The highest BCUT2D eigenvalue weighted by molar-refractivity contribution is 5.39. The van der Waals surface area contributed by atoms with Gasteiger partial charge in [-0.15, -0.1) is 0 Å². The molecule has 0 spiro atoms. The van der Waals surface area contributed by atoms with E-state index in [4.69, 9.17) is 0 Å². The Kier molecular flexibility index (Phi) is 4.42. The minimum absolute atomic E-state index is 0.337. The van der Waals surface area contributed by atoms with Crippen molar-refractivity contribution < 1.29 is 4.39 Å². The van der Waals surface area contributed by atoms with Gasteiger partial charge in [0, 0.05) is 20.1 Å². The molecule has 1 aromatic rings. The molecule has 1 rings (SSSR count). The van der Waals surface area contributed by atoms with Crippen molar-refractivity contribution in [2.45, 2.75) is 13.8 Å². The maximum Gasteiger partial charge on any atom is 0.186 e. The van der Waals surface area contributed by atoms with Gasteiger partial charge in [-0.25, -0.2) is 14.4 Å². The Morgan fingerprint density at radius 1 is 1.47 bits per heavy atom. The van der Waals surface area contributed by atoms with Gasteiger partial charge in [0.25, 0.3) is 0 Å². The molecule has 1 N–H and O–H groups in total. The quantitative estimate of drug-likeness (QED) is 0.738. The highest BCUT2D eigenvalue weighted by atomic mass is 19.1. The summed E-state index contributed by atoms with van der Waals surface area (Å²) in [6.07, 6.45) is 1.39. The molecule has 0 saturated heterocycles. The second-order valence-corrected chi connectivity index (χ2v) is 3.37. The molecule has 0 bridgehead atoms. The largest absolute Gasteiger partial charge is 0.356 e. The Balaban J connectivity index is 2.65. The van der Waals surface area contributed by atoms with Gasteiger partial charge >= 0.3 is 0 Å². The van der Waals surface area contributed by atoms with Crippen LogP contribution in [0.1, 0.15) is 12.6 Å². The van der Waals surface area contributed by atoms with Gasteiger partial charge in [-0.3, -0.25) is 0 Å². The van der Waals surface area contributed by atoms with Crippen LogP contribution in [0.5, 0.6) is 0 Å². The first kappa shape index (κ1) is 11.8. The zero-order valence-corrected chi connectivity index (χ0v) is 9.42. The summed E-state index contributed by atoms with van der Waals surface area (Å²) in [5.41, 5.74) is 0.385. The van der Waals surface area contributed by atoms with Gasteiger partial charge in [-0.1, -0.05) is 6.92 Å². The number of halogens is 1. The van der Waals surface area contributed by atoms with E-state index >= 15 is 0 Å². The minimum Gasteiger partial charge on any atom is -0.356 e. The first-order chi connectivity index (χ1) is 7.16. The summed E-state index contributed by atoms with van der Waals surface area (Å²) < 4.78 is 13.6. The highest BCUT2D eigenvalue weighted by Gasteiger charge is 2.11. The van der Waals surface area contributed by atoms with Crippen LogP contribution in [-0.4, -0.2) is 36.6 Å². The number of aryl methyl sites for hydroxylation is 1. The Morgan fingerprint density at radius 2 is 2.20 bits per heavy atom. The summed E-state index contributed by atoms with van der Waals surface area (Å²) in [5.74, 6) is 0.0249. The third kappa shape index (κ3) is 3.13. The van der Waals surface area contributed by atoms with Gasteiger partial charge in [0.2, 0.25) is 0 Å². The van der Waals surface area contributed by atoms with Gasteiger partial charge in [-0.05, 0) is 13.5 Å². The zero-order valence-electron chi connectivity index (χ0n) is 9.42. The molecule has 0 aliphatic carbocycles. The normalized spacial score (nSPS) is 10.4. The van der Waals surface area contributed by atoms with Crippen LogP contribution in [0.15, 0.2) is 6.33 Å². The third-order valence-corrected chi connectivity index (χ3v) is 2.18. The molecule has 0 unspecified atom stereocenters. The number of aromatic nitrogens is 2. The van der Waals surface area contributed by atoms with E-state index in [-0.39, 0.29) is 5.82 Å². The Bertz CT molecular complexity index is 316. The first-order valence-corrected chi connectivity index (χ1v) is 5.05. The van der Waals surface area contributed by atoms with Crippen molar-refractivity contribution in [3.63, 3.8) is 0 Å². The van der Waals surface area contributed by atoms with E-state index < -0.39 is 0 Å². The summed E-state index contributed by atoms with van der Waals surface area (Å²) >= 11 is 0. The van der Waals surface area contributed by atoms with E-state index in [9.17, 15) is 4.39 Å². The fraction of sp³-hybridized carbons (Fsp3) is 0.600. The molecule has 0 radical (unpaired) electrons. The molecule has 84 valence electrons. The second kappa shape index (κ2) is 5.60. The Hall–Kier alpha value is -1.23. The van der Waals surface area contributed by atoms with Gasteiger partial charge in [-0.2, -0.15) is 0 Å². The lowest BCUT2D eigenvalue weighted by Gasteiger charge is -2.18. The fourth-order valence-electron chi connectivity index (χ4n) is 1.24. The lowest BCUT2D eigenvalue weighted by atomic mass is 10.4. The molecule has 0 saturated carbocycles. The van der Waals surface area contributed by atoms with Gasteiger partial charge in [0.1, 0.15) is 6.33 Å². The van der Waals surface area contributed by atoms with Crippen molar-refractivity contribution in [1.82, 2.24) is 15.3 Å². The molecule has 1 heterocycles. The van der Waals surface area contributed by atoms with Crippen LogP contribution in [0.25, 0.3) is 0 Å². The minimum atomic E-state index is -0.337. The molecule has 0 atom stereocenters. The first-order valence-electron chi connectivity index (χ1n) is 5.05. The molecule has 0 amide bonds. The zero-order chi connectivity index (χ0) is 11.3. The molecule has 1 aromatic heterocycles. The number of anilines is 1. The lowest BCUT2D eigenvalue weighted by Crippen LogP contribution is -2.30. The monoisotopic (exact) mass is 212 g/mol. The number of hydrogen-bond donors (Lipinski definition) is 1. The molecule has 4 nitrogen and oxygen atoms in total. The van der Waals surface area contributed by atoms with E-state index in [0.29, 0.717) is 11.5 Å². The number of nitrogens with zero attached hydrogens (tertiary/aromatic N) is 3. The fourth-order valence-corrected chi connectivity index (χ4v) is 1.24. The highest BCUT2D eigenvalue weighted by Crippen LogP contribution is 2.14. The number of nitrogens with one attached hydrogen (secondary N) is 1. The number of hydrogen-bond acceptors (Lipinski definition) is 4. The summed E-state index contributed by atoms with van der Waals surface area (Å²) in [5, 5.41) is 3.18. The Labute approximate surface area is 89.5 Å². The van der Waals surface area contributed by atoms with Crippen LogP contribution in [0.4, 0.5) is 10.2 Å². The van der Waals surface area contributed by atoms with Crippen molar-refractivity contribution in [1.29, 1.82) is 0 Å². The van der Waals surface area contributed by atoms with Crippen LogP contribution in [0, 0.1) is 12.7 Å². The van der Waals surface area contributed by atoms with E-state index in [1.54, 1.807) is 11.8 Å². The molecule has 15 heavy (non-hydrogen) atoms. The molecule has 0 fully saturated rings. The van der Waals surface area contributed by atoms with E-state index in [0.717, 1.165) is 19.6 Å². The van der Waals surface area contributed by atoms with Crippen molar-refractivity contribution in [2.75, 3.05) is 31.6 Å². The summed E-state index contributed by atoms with van der Waals surface area (Å²) in [4.78, 5) is 9.50. The van der Waals surface area contributed by atoms with Crippen LogP contribution < -0.4 is 10.2 Å². The van der Waals surface area contributed by atoms with Crippen LogP contribution in [0.2, 0.25) is 0 Å². The molecular formula is C10H17FN4. The molecular weight excluding hydrogens is 195 g/mol.